The van der Waals surface area contributed by atoms with Crippen LogP contribution in [0.5, 0.6) is 0 Å². The zero-order valence-corrected chi connectivity index (χ0v) is 21.3. The second-order valence-corrected chi connectivity index (χ2v) is 9.73. The van der Waals surface area contributed by atoms with E-state index in [2.05, 4.69) is 53.8 Å². The zero-order chi connectivity index (χ0) is 24.1. The molecule has 1 aliphatic heterocycles. The van der Waals surface area contributed by atoms with E-state index in [1.54, 1.807) is 6.20 Å². The summed E-state index contributed by atoms with van der Waals surface area (Å²) in [7, 11) is 2.07. The number of nitrogens with one attached hydrogen (secondary N) is 3. The standard InChI is InChI=1S/C24H32BrN7O2/c1-3-26-22(33)18-5-4-6-20(18)29-21-19(25)15-27-24(30-21)28-17-9-7-16(8-10-17)23(34)32-13-11-31(2)12-14-32/h7-10,15,18,20H,3-6,11-14H2,1-2H3,(H,26,33)(H2,27,28,29,30)/t18-,20+/m0/s1. The molecule has 1 aromatic heterocycles. The average Bonchev–Trinajstić information content (AvgIpc) is 3.30. The van der Waals surface area contributed by atoms with E-state index >= 15 is 0 Å². The molecule has 4 rings (SSSR count). The quantitative estimate of drug-likeness (QED) is 0.506. The Hall–Kier alpha value is -2.72. The Labute approximate surface area is 208 Å². The van der Waals surface area contributed by atoms with E-state index in [1.807, 2.05) is 36.1 Å². The summed E-state index contributed by atoms with van der Waals surface area (Å²) in [5.74, 6) is 1.18. The van der Waals surface area contributed by atoms with Crippen LogP contribution in [0.15, 0.2) is 34.9 Å². The van der Waals surface area contributed by atoms with Crippen molar-refractivity contribution >= 4 is 45.2 Å². The number of rotatable bonds is 7. The summed E-state index contributed by atoms with van der Waals surface area (Å²) in [6.07, 6.45) is 4.49. The first-order valence-electron chi connectivity index (χ1n) is 11.9. The fourth-order valence-electron chi connectivity index (χ4n) is 4.47. The third kappa shape index (κ3) is 5.85. The van der Waals surface area contributed by atoms with E-state index in [4.69, 9.17) is 0 Å². The molecule has 0 spiro atoms. The van der Waals surface area contributed by atoms with Crippen molar-refractivity contribution in [2.45, 2.75) is 32.2 Å². The Morgan fingerprint density at radius 3 is 2.56 bits per heavy atom. The van der Waals surface area contributed by atoms with Gasteiger partial charge in [-0.15, -0.1) is 0 Å². The second-order valence-electron chi connectivity index (χ2n) is 8.87. The first kappa shape index (κ1) is 24.4. The van der Waals surface area contributed by atoms with Crippen molar-refractivity contribution in [3.63, 3.8) is 0 Å². The van der Waals surface area contributed by atoms with Crippen LogP contribution in [0.25, 0.3) is 0 Å². The molecule has 0 unspecified atom stereocenters. The summed E-state index contributed by atoms with van der Waals surface area (Å²) in [5.41, 5.74) is 1.47. The molecular formula is C24H32BrN7O2. The molecule has 0 radical (unpaired) electrons. The van der Waals surface area contributed by atoms with Crippen LogP contribution < -0.4 is 16.0 Å². The molecule has 2 aromatic rings. The summed E-state index contributed by atoms with van der Waals surface area (Å²) in [4.78, 5) is 38.3. The maximum atomic E-state index is 12.8. The first-order chi connectivity index (χ1) is 16.4. The monoisotopic (exact) mass is 529 g/mol. The molecule has 1 aromatic carbocycles. The average molecular weight is 530 g/mol. The Bertz CT molecular complexity index is 1010. The molecule has 3 N–H and O–H groups in total. The maximum Gasteiger partial charge on any atom is 0.253 e. The maximum absolute atomic E-state index is 12.8. The third-order valence-corrected chi connectivity index (χ3v) is 7.03. The minimum absolute atomic E-state index is 0.0328. The minimum atomic E-state index is -0.0661. The van der Waals surface area contributed by atoms with E-state index in [0.717, 1.165) is 55.6 Å². The smallest absolute Gasteiger partial charge is 0.253 e. The van der Waals surface area contributed by atoms with Gasteiger partial charge in [0.25, 0.3) is 5.91 Å². The molecule has 1 saturated carbocycles. The van der Waals surface area contributed by atoms with Crippen molar-refractivity contribution < 1.29 is 9.59 Å². The van der Waals surface area contributed by atoms with E-state index in [0.29, 0.717) is 23.9 Å². The number of carbonyl (C=O) groups excluding carboxylic acids is 2. The Morgan fingerprint density at radius 2 is 1.85 bits per heavy atom. The van der Waals surface area contributed by atoms with Crippen LogP contribution in [0.4, 0.5) is 17.5 Å². The van der Waals surface area contributed by atoms with Crippen molar-refractivity contribution in [1.29, 1.82) is 0 Å². The zero-order valence-electron chi connectivity index (χ0n) is 19.7. The Kier molecular flexibility index (Phi) is 7.99. The second kappa shape index (κ2) is 11.1. The predicted octanol–water partition coefficient (Wildman–Crippen LogP) is 3.09. The van der Waals surface area contributed by atoms with Crippen LogP contribution in [-0.2, 0) is 4.79 Å². The number of aromatic nitrogens is 2. The summed E-state index contributed by atoms with van der Waals surface area (Å²) in [6, 6.07) is 7.42. The molecule has 2 atom stereocenters. The normalized spacial score (nSPS) is 20.7. The van der Waals surface area contributed by atoms with Gasteiger partial charge in [0, 0.05) is 56.2 Å². The molecule has 2 aliphatic rings. The summed E-state index contributed by atoms with van der Waals surface area (Å²) in [6.45, 7) is 5.86. The van der Waals surface area contributed by atoms with Crippen molar-refractivity contribution in [2.75, 3.05) is 50.4 Å². The molecule has 182 valence electrons. The van der Waals surface area contributed by atoms with E-state index in [1.165, 1.54) is 0 Å². The van der Waals surface area contributed by atoms with Gasteiger partial charge in [-0.3, -0.25) is 9.59 Å². The Morgan fingerprint density at radius 1 is 1.12 bits per heavy atom. The largest absolute Gasteiger partial charge is 0.365 e. The van der Waals surface area contributed by atoms with Gasteiger partial charge in [-0.25, -0.2) is 4.98 Å². The number of halogens is 1. The van der Waals surface area contributed by atoms with Crippen molar-refractivity contribution in [1.82, 2.24) is 25.1 Å². The van der Waals surface area contributed by atoms with Crippen LogP contribution in [0.3, 0.4) is 0 Å². The van der Waals surface area contributed by atoms with Gasteiger partial charge in [-0.2, -0.15) is 4.98 Å². The molecule has 1 saturated heterocycles. The molecular weight excluding hydrogens is 498 g/mol. The molecule has 2 amide bonds. The van der Waals surface area contributed by atoms with Crippen molar-refractivity contribution in [3.05, 3.63) is 40.5 Å². The van der Waals surface area contributed by atoms with Gasteiger partial charge in [0.05, 0.1) is 10.4 Å². The number of likely N-dealkylation sites (N-methyl/N-ethyl adjacent to an activating group) is 1. The number of nitrogens with zero attached hydrogens (tertiary/aromatic N) is 4. The lowest BCUT2D eigenvalue weighted by Crippen LogP contribution is -2.47. The highest BCUT2D eigenvalue weighted by Crippen LogP contribution is 2.31. The molecule has 34 heavy (non-hydrogen) atoms. The van der Waals surface area contributed by atoms with Gasteiger partial charge in [0.1, 0.15) is 5.82 Å². The number of amides is 2. The van der Waals surface area contributed by atoms with Gasteiger partial charge < -0.3 is 25.8 Å². The van der Waals surface area contributed by atoms with Crippen LogP contribution in [-0.4, -0.2) is 77.4 Å². The van der Waals surface area contributed by atoms with Crippen molar-refractivity contribution in [2.24, 2.45) is 5.92 Å². The van der Waals surface area contributed by atoms with Gasteiger partial charge in [0.15, 0.2) is 0 Å². The van der Waals surface area contributed by atoms with Crippen LogP contribution in [0.1, 0.15) is 36.5 Å². The third-order valence-electron chi connectivity index (χ3n) is 6.45. The molecule has 2 heterocycles. The Balaban J connectivity index is 1.40. The molecule has 9 nitrogen and oxygen atoms in total. The topological polar surface area (TPSA) is 102 Å². The van der Waals surface area contributed by atoms with Gasteiger partial charge in [-0.1, -0.05) is 6.42 Å². The van der Waals surface area contributed by atoms with E-state index < -0.39 is 0 Å². The lowest BCUT2D eigenvalue weighted by atomic mass is 10.0. The number of piperazine rings is 1. The summed E-state index contributed by atoms with van der Waals surface area (Å²) >= 11 is 3.52. The molecule has 10 heteroatoms. The number of hydrogen-bond acceptors (Lipinski definition) is 7. The fraction of sp³-hybridized carbons (Fsp3) is 0.500. The van der Waals surface area contributed by atoms with Crippen LogP contribution in [0.2, 0.25) is 0 Å². The van der Waals surface area contributed by atoms with Crippen molar-refractivity contribution in [3.8, 4) is 0 Å². The number of carbonyl (C=O) groups is 2. The van der Waals surface area contributed by atoms with Gasteiger partial charge in [0.2, 0.25) is 11.9 Å². The fourth-order valence-corrected chi connectivity index (χ4v) is 4.78. The van der Waals surface area contributed by atoms with Crippen LogP contribution >= 0.6 is 15.9 Å². The predicted molar refractivity (Wildman–Crippen MR) is 136 cm³/mol. The first-order valence-corrected chi connectivity index (χ1v) is 12.7. The number of benzene rings is 1. The molecule has 2 fully saturated rings. The summed E-state index contributed by atoms with van der Waals surface area (Å²) < 4.78 is 0.743. The van der Waals surface area contributed by atoms with Gasteiger partial charge >= 0.3 is 0 Å². The lowest BCUT2D eigenvalue weighted by molar-refractivity contribution is -0.124. The minimum Gasteiger partial charge on any atom is -0.365 e. The molecule has 1 aliphatic carbocycles. The van der Waals surface area contributed by atoms with E-state index in [-0.39, 0.29) is 23.8 Å². The highest BCUT2D eigenvalue weighted by molar-refractivity contribution is 9.10. The SMILES string of the molecule is CCNC(=O)[C@H]1CCC[C@H]1Nc1nc(Nc2ccc(C(=O)N3CCN(C)CC3)cc2)ncc1Br. The van der Waals surface area contributed by atoms with Crippen LogP contribution in [0, 0.1) is 5.92 Å². The lowest BCUT2D eigenvalue weighted by Gasteiger charge is -2.32. The number of hydrogen-bond donors (Lipinski definition) is 3. The highest BCUT2D eigenvalue weighted by atomic mass is 79.9. The van der Waals surface area contributed by atoms with E-state index in [9.17, 15) is 9.59 Å². The van der Waals surface area contributed by atoms with Gasteiger partial charge in [-0.05, 0) is 67.0 Å². The summed E-state index contributed by atoms with van der Waals surface area (Å²) in [5, 5.41) is 9.58. The highest BCUT2D eigenvalue weighted by Gasteiger charge is 2.33. The molecule has 0 bridgehead atoms. The number of anilines is 3.